The molecule has 0 amide bonds. The molecule has 2 rings (SSSR count). The van der Waals surface area contributed by atoms with Crippen molar-refractivity contribution < 1.29 is 0 Å². The van der Waals surface area contributed by atoms with Gasteiger partial charge in [0.1, 0.15) is 5.65 Å². The average Bonchev–Trinajstić information content (AvgIpc) is 2.96. The van der Waals surface area contributed by atoms with Crippen molar-refractivity contribution >= 4 is 5.65 Å². The normalized spacial score (nSPS) is 13.6. The van der Waals surface area contributed by atoms with Gasteiger partial charge in [0.2, 0.25) is 0 Å². The van der Waals surface area contributed by atoms with E-state index in [0.717, 1.165) is 5.65 Å². The summed E-state index contributed by atoms with van der Waals surface area (Å²) < 4.78 is 2.25. The van der Waals surface area contributed by atoms with Crippen LogP contribution < -0.4 is 0 Å². The summed E-state index contributed by atoms with van der Waals surface area (Å²) in [6.07, 6.45) is 13.3. The lowest BCUT2D eigenvalue weighted by atomic mass is 9.76. The Morgan fingerprint density at radius 3 is 2.35 bits per heavy atom. The topological polar surface area (TPSA) is 17.3 Å². The summed E-state index contributed by atoms with van der Waals surface area (Å²) in [7, 11) is 0. The predicted octanol–water partition coefficient (Wildman–Crippen LogP) is 6.49. The standard InChI is InChI=1S/C21H34N2/c1-6-9-10-17(4)19-16-23-15-18(11-12-20(23)22-19)21(5,13-7-2)14-8-3/h11-12,15-17H,6-10,13-14H2,1-5H3. The van der Waals surface area contributed by atoms with Gasteiger partial charge in [-0.15, -0.1) is 0 Å². The van der Waals surface area contributed by atoms with Crippen molar-refractivity contribution in [1.29, 1.82) is 0 Å². The Hall–Kier alpha value is -1.31. The summed E-state index contributed by atoms with van der Waals surface area (Å²) in [5, 5.41) is 0. The van der Waals surface area contributed by atoms with Crippen molar-refractivity contribution in [2.75, 3.05) is 0 Å². The highest BCUT2D eigenvalue weighted by Crippen LogP contribution is 2.34. The van der Waals surface area contributed by atoms with Gasteiger partial charge in [0.25, 0.3) is 0 Å². The molecule has 2 heteroatoms. The smallest absolute Gasteiger partial charge is 0.136 e. The minimum atomic E-state index is 0.288. The molecule has 0 aliphatic rings. The van der Waals surface area contributed by atoms with Gasteiger partial charge in [-0.2, -0.15) is 0 Å². The van der Waals surface area contributed by atoms with Gasteiger partial charge >= 0.3 is 0 Å². The molecule has 2 aromatic heterocycles. The fraction of sp³-hybridized carbons (Fsp3) is 0.667. The monoisotopic (exact) mass is 314 g/mol. The first kappa shape index (κ1) is 18.0. The minimum absolute atomic E-state index is 0.288. The fourth-order valence-electron chi connectivity index (χ4n) is 3.78. The van der Waals surface area contributed by atoms with E-state index >= 15 is 0 Å². The number of hydrogen-bond donors (Lipinski definition) is 0. The van der Waals surface area contributed by atoms with E-state index < -0.39 is 0 Å². The highest BCUT2D eigenvalue weighted by Gasteiger charge is 2.25. The summed E-state index contributed by atoms with van der Waals surface area (Å²) in [6, 6.07) is 4.50. The summed E-state index contributed by atoms with van der Waals surface area (Å²) in [6.45, 7) is 11.6. The maximum atomic E-state index is 4.84. The van der Waals surface area contributed by atoms with Crippen molar-refractivity contribution in [3.05, 3.63) is 35.8 Å². The second kappa shape index (κ2) is 7.99. The molecule has 0 saturated carbocycles. The van der Waals surface area contributed by atoms with Crippen LogP contribution in [0.5, 0.6) is 0 Å². The summed E-state index contributed by atoms with van der Waals surface area (Å²) >= 11 is 0. The third-order valence-electron chi connectivity index (χ3n) is 5.27. The molecule has 2 nitrogen and oxygen atoms in total. The Bertz CT molecular complexity index is 605. The third-order valence-corrected chi connectivity index (χ3v) is 5.27. The molecular formula is C21H34N2. The predicted molar refractivity (Wildman–Crippen MR) is 100 cm³/mol. The van der Waals surface area contributed by atoms with E-state index in [0.29, 0.717) is 5.92 Å². The van der Waals surface area contributed by atoms with Crippen LogP contribution in [0.3, 0.4) is 0 Å². The van der Waals surface area contributed by atoms with Crippen LogP contribution in [0, 0.1) is 0 Å². The van der Waals surface area contributed by atoms with Crippen LogP contribution >= 0.6 is 0 Å². The van der Waals surface area contributed by atoms with Crippen molar-refractivity contribution in [2.45, 2.75) is 90.9 Å². The minimum Gasteiger partial charge on any atom is -0.307 e. The van der Waals surface area contributed by atoms with E-state index in [2.05, 4.69) is 63.5 Å². The number of unbranched alkanes of at least 4 members (excludes halogenated alkanes) is 1. The molecule has 0 spiro atoms. The zero-order chi connectivity index (χ0) is 16.9. The first-order chi connectivity index (χ1) is 11.0. The molecule has 0 aromatic carbocycles. The van der Waals surface area contributed by atoms with Crippen molar-refractivity contribution in [3.8, 4) is 0 Å². The van der Waals surface area contributed by atoms with E-state index in [4.69, 9.17) is 4.98 Å². The number of hydrogen-bond acceptors (Lipinski definition) is 1. The molecule has 0 N–H and O–H groups in total. The molecule has 0 fully saturated rings. The van der Waals surface area contributed by atoms with Gasteiger partial charge in [-0.1, -0.05) is 66.4 Å². The first-order valence-corrected chi connectivity index (χ1v) is 9.53. The average molecular weight is 315 g/mol. The third kappa shape index (κ3) is 4.16. The van der Waals surface area contributed by atoms with Crippen LogP contribution in [0.1, 0.15) is 96.7 Å². The van der Waals surface area contributed by atoms with Crippen LogP contribution in [0.25, 0.3) is 5.65 Å². The molecule has 0 bridgehead atoms. The Morgan fingerprint density at radius 2 is 1.74 bits per heavy atom. The number of imidazole rings is 1. The highest BCUT2D eigenvalue weighted by atomic mass is 15.0. The second-order valence-corrected chi connectivity index (χ2v) is 7.45. The maximum absolute atomic E-state index is 4.84. The van der Waals surface area contributed by atoms with Gasteiger partial charge in [0.15, 0.2) is 0 Å². The number of rotatable bonds is 9. The zero-order valence-corrected chi connectivity index (χ0v) is 15.7. The lowest BCUT2D eigenvalue weighted by molar-refractivity contribution is 0.390. The fourth-order valence-corrected chi connectivity index (χ4v) is 3.78. The molecule has 0 aliphatic carbocycles. The van der Waals surface area contributed by atoms with Crippen molar-refractivity contribution in [1.82, 2.24) is 9.38 Å². The molecule has 23 heavy (non-hydrogen) atoms. The lowest BCUT2D eigenvalue weighted by Gasteiger charge is -2.29. The number of nitrogens with zero attached hydrogens (tertiary/aromatic N) is 2. The molecule has 2 aromatic rings. The molecule has 0 saturated heterocycles. The highest BCUT2D eigenvalue weighted by molar-refractivity contribution is 5.43. The summed E-state index contributed by atoms with van der Waals surface area (Å²) in [5.41, 5.74) is 4.07. The van der Waals surface area contributed by atoms with Gasteiger partial charge < -0.3 is 4.40 Å². The molecular weight excluding hydrogens is 280 g/mol. The molecule has 1 unspecified atom stereocenters. The van der Waals surface area contributed by atoms with Gasteiger partial charge in [-0.05, 0) is 42.2 Å². The maximum Gasteiger partial charge on any atom is 0.136 e. The van der Waals surface area contributed by atoms with Crippen LogP contribution in [0.15, 0.2) is 24.5 Å². The Morgan fingerprint density at radius 1 is 1.04 bits per heavy atom. The van der Waals surface area contributed by atoms with E-state index in [1.54, 1.807) is 0 Å². The van der Waals surface area contributed by atoms with Crippen molar-refractivity contribution in [2.24, 2.45) is 0 Å². The molecule has 128 valence electrons. The van der Waals surface area contributed by atoms with Crippen LogP contribution in [-0.4, -0.2) is 9.38 Å². The lowest BCUT2D eigenvalue weighted by Crippen LogP contribution is -2.22. The van der Waals surface area contributed by atoms with Gasteiger partial charge in [-0.3, -0.25) is 0 Å². The second-order valence-electron chi connectivity index (χ2n) is 7.45. The Kier molecular flexibility index (Phi) is 6.26. The number of pyridine rings is 1. The van der Waals surface area contributed by atoms with Crippen LogP contribution in [0.4, 0.5) is 0 Å². The quantitative estimate of drug-likeness (QED) is 0.517. The molecule has 1 atom stereocenters. The SMILES string of the molecule is CCCCC(C)c1cn2cc(C(C)(CCC)CCC)ccc2n1. The molecule has 2 heterocycles. The summed E-state index contributed by atoms with van der Waals surface area (Å²) in [5.74, 6) is 0.552. The molecule has 0 aliphatic heterocycles. The van der Waals surface area contributed by atoms with Crippen molar-refractivity contribution in [3.63, 3.8) is 0 Å². The van der Waals surface area contributed by atoms with Gasteiger partial charge in [-0.25, -0.2) is 4.98 Å². The van der Waals surface area contributed by atoms with E-state index in [1.807, 2.05) is 0 Å². The van der Waals surface area contributed by atoms with Crippen LogP contribution in [0.2, 0.25) is 0 Å². The zero-order valence-electron chi connectivity index (χ0n) is 15.7. The van der Waals surface area contributed by atoms with Gasteiger partial charge in [0.05, 0.1) is 5.69 Å². The molecule has 0 radical (unpaired) electrons. The largest absolute Gasteiger partial charge is 0.307 e. The Balaban J connectivity index is 2.31. The number of fused-ring (bicyclic) bond motifs is 1. The van der Waals surface area contributed by atoms with E-state index in [1.165, 1.54) is 56.2 Å². The van der Waals surface area contributed by atoms with E-state index in [9.17, 15) is 0 Å². The van der Waals surface area contributed by atoms with E-state index in [-0.39, 0.29) is 5.41 Å². The van der Waals surface area contributed by atoms with Crippen LogP contribution in [-0.2, 0) is 5.41 Å². The Labute approximate surface area is 142 Å². The number of aromatic nitrogens is 2. The van der Waals surface area contributed by atoms with Gasteiger partial charge in [0, 0.05) is 12.4 Å². The summed E-state index contributed by atoms with van der Waals surface area (Å²) in [4.78, 5) is 4.84. The first-order valence-electron chi connectivity index (χ1n) is 9.53.